The molecule has 114 valence electrons. The van der Waals surface area contributed by atoms with Crippen molar-refractivity contribution in [1.82, 2.24) is 0 Å². The summed E-state index contributed by atoms with van der Waals surface area (Å²) in [5.41, 5.74) is 12.1. The topological polar surface area (TPSA) is 127 Å². The van der Waals surface area contributed by atoms with E-state index in [1.165, 1.54) is 38.1 Å². The predicted octanol–water partition coefficient (Wildman–Crippen LogP) is 2.33. The van der Waals surface area contributed by atoms with Gasteiger partial charge < -0.3 is 21.7 Å². The quantitative estimate of drug-likeness (QED) is 0.391. The summed E-state index contributed by atoms with van der Waals surface area (Å²) in [5.74, 6) is -1.03. The summed E-state index contributed by atoms with van der Waals surface area (Å²) < 4.78 is 0. The zero-order valence-electron chi connectivity index (χ0n) is 12.2. The van der Waals surface area contributed by atoms with Gasteiger partial charge >= 0.3 is 0 Å². The lowest BCUT2D eigenvalue weighted by Crippen LogP contribution is -2.05. The largest absolute Gasteiger partial charge is 0.507 e. The Labute approximate surface area is 127 Å². The third kappa shape index (κ3) is 2.46. The smallest absolute Gasteiger partial charge is 0.161 e. The Balaban J connectivity index is 2.80. The predicted molar refractivity (Wildman–Crippen MR) is 84.0 cm³/mol. The van der Waals surface area contributed by atoms with Crippen LogP contribution in [0.4, 0.5) is 11.4 Å². The first-order valence-corrected chi connectivity index (χ1v) is 6.50. The molecule has 0 spiro atoms. The number of nitrogens with two attached hydrogens (primary N) is 2. The van der Waals surface area contributed by atoms with E-state index in [0.29, 0.717) is 5.56 Å². The molecule has 0 bridgehead atoms. The number of aromatic hydroxyl groups is 2. The van der Waals surface area contributed by atoms with Crippen LogP contribution in [0.15, 0.2) is 24.3 Å². The third-order valence-electron chi connectivity index (χ3n) is 3.45. The van der Waals surface area contributed by atoms with Gasteiger partial charge in [0.1, 0.15) is 11.5 Å². The molecule has 0 unspecified atom stereocenters. The summed E-state index contributed by atoms with van der Waals surface area (Å²) in [6.07, 6.45) is 0. The molecular formula is C16H16N2O4. The Morgan fingerprint density at radius 1 is 0.909 bits per heavy atom. The Morgan fingerprint density at radius 2 is 1.55 bits per heavy atom. The Bertz CT molecular complexity index is 797. The molecule has 0 amide bonds. The Morgan fingerprint density at radius 3 is 2.09 bits per heavy atom. The normalized spacial score (nSPS) is 10.5. The number of ketones is 2. The lowest BCUT2D eigenvalue weighted by atomic mass is 9.95. The first-order valence-electron chi connectivity index (χ1n) is 6.50. The summed E-state index contributed by atoms with van der Waals surface area (Å²) in [6.45, 7) is 2.70. The van der Waals surface area contributed by atoms with Crippen molar-refractivity contribution >= 4 is 22.9 Å². The van der Waals surface area contributed by atoms with E-state index in [9.17, 15) is 19.8 Å². The summed E-state index contributed by atoms with van der Waals surface area (Å²) >= 11 is 0. The molecule has 0 saturated carbocycles. The lowest BCUT2D eigenvalue weighted by Gasteiger charge is -2.14. The summed E-state index contributed by atoms with van der Waals surface area (Å²) in [4.78, 5) is 23.1. The molecule has 0 fully saturated rings. The van der Waals surface area contributed by atoms with Gasteiger partial charge in [-0.05, 0) is 38.1 Å². The van der Waals surface area contributed by atoms with E-state index >= 15 is 0 Å². The standard InChI is InChI=1S/C16H16N2O4/c1-7(19)9-3-4-13(21)11(5-9)12-6-10(8(2)20)14(17)15(18)16(12)22/h3-6,21-22H,17-18H2,1-2H3. The highest BCUT2D eigenvalue weighted by atomic mass is 16.3. The van der Waals surface area contributed by atoms with Gasteiger partial charge in [-0.2, -0.15) is 0 Å². The summed E-state index contributed by atoms with van der Waals surface area (Å²) in [5, 5.41) is 20.2. The number of benzene rings is 2. The van der Waals surface area contributed by atoms with Gasteiger partial charge in [-0.3, -0.25) is 9.59 Å². The summed E-state index contributed by atoms with van der Waals surface area (Å²) in [6, 6.07) is 5.57. The van der Waals surface area contributed by atoms with E-state index < -0.39 is 0 Å². The van der Waals surface area contributed by atoms with Crippen LogP contribution in [-0.2, 0) is 0 Å². The second-order valence-corrected chi connectivity index (χ2v) is 4.99. The monoisotopic (exact) mass is 300 g/mol. The van der Waals surface area contributed by atoms with Crippen LogP contribution in [0.5, 0.6) is 11.5 Å². The van der Waals surface area contributed by atoms with Crippen LogP contribution >= 0.6 is 0 Å². The van der Waals surface area contributed by atoms with E-state index in [0.717, 1.165) is 0 Å². The molecule has 2 rings (SSSR count). The van der Waals surface area contributed by atoms with Crippen LogP contribution in [-0.4, -0.2) is 21.8 Å². The van der Waals surface area contributed by atoms with Gasteiger partial charge in [0.15, 0.2) is 11.6 Å². The summed E-state index contributed by atoms with van der Waals surface area (Å²) in [7, 11) is 0. The number of rotatable bonds is 3. The molecule has 0 heterocycles. The molecule has 6 N–H and O–H groups in total. The average Bonchev–Trinajstić information content (AvgIpc) is 2.45. The molecule has 0 saturated heterocycles. The van der Waals surface area contributed by atoms with Gasteiger partial charge in [-0.25, -0.2) is 0 Å². The van der Waals surface area contributed by atoms with Crippen LogP contribution in [0.25, 0.3) is 11.1 Å². The maximum Gasteiger partial charge on any atom is 0.161 e. The fourth-order valence-corrected chi connectivity index (χ4v) is 2.18. The van der Waals surface area contributed by atoms with Crippen molar-refractivity contribution in [3.8, 4) is 22.6 Å². The minimum Gasteiger partial charge on any atom is -0.507 e. The number of nitrogen functional groups attached to an aromatic ring is 2. The molecule has 22 heavy (non-hydrogen) atoms. The number of anilines is 2. The van der Waals surface area contributed by atoms with Crippen LogP contribution in [0.2, 0.25) is 0 Å². The fraction of sp³-hybridized carbons (Fsp3) is 0.125. The number of phenols is 2. The molecule has 0 aliphatic rings. The zero-order valence-corrected chi connectivity index (χ0v) is 12.2. The van der Waals surface area contributed by atoms with E-state index in [1.54, 1.807) is 0 Å². The van der Waals surface area contributed by atoms with Gasteiger partial charge in [0.25, 0.3) is 0 Å². The minimum absolute atomic E-state index is 0.0176. The highest BCUT2D eigenvalue weighted by Gasteiger charge is 2.19. The molecule has 2 aromatic rings. The average molecular weight is 300 g/mol. The molecule has 6 nitrogen and oxygen atoms in total. The fourth-order valence-electron chi connectivity index (χ4n) is 2.18. The zero-order chi connectivity index (χ0) is 16.6. The number of Topliss-reactive ketones (excluding diaryl/α,β-unsaturated/α-hetero) is 2. The molecule has 6 heteroatoms. The van der Waals surface area contributed by atoms with Crippen LogP contribution in [0.1, 0.15) is 34.6 Å². The van der Waals surface area contributed by atoms with Crippen molar-refractivity contribution in [1.29, 1.82) is 0 Å². The second kappa shape index (κ2) is 5.40. The maximum atomic E-state index is 11.6. The SMILES string of the molecule is CC(=O)c1ccc(O)c(-c2cc(C(C)=O)c(N)c(N)c2O)c1. The lowest BCUT2D eigenvalue weighted by molar-refractivity contribution is 0.100. The van der Waals surface area contributed by atoms with Crippen LogP contribution in [0, 0.1) is 0 Å². The molecule has 0 aromatic heterocycles. The van der Waals surface area contributed by atoms with Crippen molar-refractivity contribution < 1.29 is 19.8 Å². The minimum atomic E-state index is -0.349. The van der Waals surface area contributed by atoms with E-state index in [4.69, 9.17) is 11.5 Å². The highest BCUT2D eigenvalue weighted by molar-refractivity contribution is 6.05. The van der Waals surface area contributed by atoms with Crippen molar-refractivity contribution in [2.45, 2.75) is 13.8 Å². The number of carbonyl (C=O) groups excluding carboxylic acids is 2. The number of carbonyl (C=O) groups is 2. The van der Waals surface area contributed by atoms with Crippen molar-refractivity contribution in [3.05, 3.63) is 35.4 Å². The van der Waals surface area contributed by atoms with E-state index in [1.807, 2.05) is 0 Å². The van der Waals surface area contributed by atoms with Crippen molar-refractivity contribution in [2.75, 3.05) is 11.5 Å². The van der Waals surface area contributed by atoms with Gasteiger partial charge in [-0.1, -0.05) is 0 Å². The Hall–Kier alpha value is -3.02. The van der Waals surface area contributed by atoms with Gasteiger partial charge in [-0.15, -0.1) is 0 Å². The molecule has 0 radical (unpaired) electrons. The van der Waals surface area contributed by atoms with Crippen LogP contribution < -0.4 is 11.5 Å². The van der Waals surface area contributed by atoms with Crippen molar-refractivity contribution in [2.24, 2.45) is 0 Å². The highest BCUT2D eigenvalue weighted by Crippen LogP contribution is 2.43. The van der Waals surface area contributed by atoms with Gasteiger partial charge in [0, 0.05) is 22.3 Å². The van der Waals surface area contributed by atoms with E-state index in [-0.39, 0.29) is 51.1 Å². The number of phenolic OH excluding ortho intramolecular Hbond substituents is 2. The van der Waals surface area contributed by atoms with E-state index in [2.05, 4.69) is 0 Å². The molecule has 2 aromatic carbocycles. The first kappa shape index (κ1) is 15.4. The van der Waals surface area contributed by atoms with Gasteiger partial charge in [0.05, 0.1) is 11.4 Å². The molecule has 0 aliphatic heterocycles. The second-order valence-electron chi connectivity index (χ2n) is 4.99. The van der Waals surface area contributed by atoms with Gasteiger partial charge in [0.2, 0.25) is 0 Å². The molecule has 0 atom stereocenters. The third-order valence-corrected chi connectivity index (χ3v) is 3.45. The van der Waals surface area contributed by atoms with Crippen LogP contribution in [0.3, 0.4) is 0 Å². The number of hydrogen-bond donors (Lipinski definition) is 4. The molecule has 0 aliphatic carbocycles. The first-order chi connectivity index (χ1) is 10.2. The molecular weight excluding hydrogens is 284 g/mol. The Kier molecular flexibility index (Phi) is 3.77. The number of hydrogen-bond acceptors (Lipinski definition) is 6. The maximum absolute atomic E-state index is 11.6. The van der Waals surface area contributed by atoms with Crippen molar-refractivity contribution in [3.63, 3.8) is 0 Å².